The van der Waals surface area contributed by atoms with Gasteiger partial charge in [-0.05, 0) is 47.9 Å². The average Bonchev–Trinajstić information content (AvgIpc) is 3.21. The maximum absolute atomic E-state index is 12.7. The van der Waals surface area contributed by atoms with Crippen LogP contribution in [0.2, 0.25) is 0 Å². The van der Waals surface area contributed by atoms with Crippen LogP contribution < -0.4 is 5.32 Å². The van der Waals surface area contributed by atoms with Gasteiger partial charge in [0.25, 0.3) is 0 Å². The van der Waals surface area contributed by atoms with E-state index in [2.05, 4.69) is 5.32 Å². The first-order valence-corrected chi connectivity index (χ1v) is 8.22. The molecular weight excluding hydrogens is 323 g/mol. The maximum Gasteiger partial charge on any atom is 0.416 e. The van der Waals surface area contributed by atoms with Gasteiger partial charge in [-0.25, -0.2) is 0 Å². The number of hydrogen-bond acceptors (Lipinski definition) is 2. The quantitative estimate of drug-likeness (QED) is 0.873. The number of halogens is 3. The van der Waals surface area contributed by atoms with Crippen molar-refractivity contribution in [2.24, 2.45) is 5.92 Å². The zero-order valence-corrected chi connectivity index (χ0v) is 13.3. The average molecular weight is 339 g/mol. The summed E-state index contributed by atoms with van der Waals surface area (Å²) in [5.74, 6) is -0.416. The second kappa shape index (κ2) is 6.00. The second-order valence-electron chi connectivity index (χ2n) is 5.82. The van der Waals surface area contributed by atoms with Gasteiger partial charge in [0.05, 0.1) is 12.1 Å². The fourth-order valence-electron chi connectivity index (χ4n) is 2.68. The number of hydrogen-bond donors (Lipinski definition) is 1. The molecule has 2 aromatic rings. The van der Waals surface area contributed by atoms with Gasteiger partial charge < -0.3 is 5.32 Å². The molecule has 0 bridgehead atoms. The number of rotatable bonds is 4. The minimum absolute atomic E-state index is 0.0831. The van der Waals surface area contributed by atoms with Gasteiger partial charge in [0.1, 0.15) is 0 Å². The van der Waals surface area contributed by atoms with E-state index in [0.29, 0.717) is 18.5 Å². The van der Waals surface area contributed by atoms with Gasteiger partial charge in [0, 0.05) is 10.8 Å². The molecular formula is C17H16F3NOS. The number of alkyl halides is 3. The molecule has 122 valence electrons. The Morgan fingerprint density at radius 3 is 2.78 bits per heavy atom. The molecule has 1 aliphatic rings. The molecule has 0 spiro atoms. The van der Waals surface area contributed by atoms with Gasteiger partial charge >= 0.3 is 6.18 Å². The van der Waals surface area contributed by atoms with Crippen LogP contribution >= 0.6 is 11.3 Å². The lowest BCUT2D eigenvalue weighted by Crippen LogP contribution is -2.24. The number of aryl methyl sites for hydroxylation is 1. The van der Waals surface area contributed by atoms with Gasteiger partial charge in [-0.3, -0.25) is 4.79 Å². The Balaban J connectivity index is 1.61. The largest absolute Gasteiger partial charge is 0.416 e. The van der Waals surface area contributed by atoms with Crippen LogP contribution in [0, 0.1) is 12.8 Å². The van der Waals surface area contributed by atoms with Crippen LogP contribution in [0.4, 0.5) is 13.2 Å². The molecule has 6 heteroatoms. The highest BCUT2D eigenvalue weighted by molar-refractivity contribution is 7.10. The predicted octanol–water partition coefficient (Wildman–Crippen LogP) is 4.50. The molecule has 0 saturated heterocycles. The van der Waals surface area contributed by atoms with E-state index < -0.39 is 11.7 Å². The zero-order valence-electron chi connectivity index (χ0n) is 12.5. The molecule has 1 fully saturated rings. The van der Waals surface area contributed by atoms with E-state index in [-0.39, 0.29) is 17.7 Å². The van der Waals surface area contributed by atoms with Crippen molar-refractivity contribution in [3.63, 3.8) is 0 Å². The van der Waals surface area contributed by atoms with Crippen molar-refractivity contribution in [2.75, 3.05) is 0 Å². The predicted molar refractivity (Wildman–Crippen MR) is 83.2 cm³/mol. The third-order valence-electron chi connectivity index (χ3n) is 4.16. The number of thiophene rings is 1. The van der Waals surface area contributed by atoms with E-state index in [1.54, 1.807) is 17.4 Å². The molecule has 2 atom stereocenters. The normalized spacial score (nSPS) is 20.3. The lowest BCUT2D eigenvalue weighted by molar-refractivity contribution is -0.137. The lowest BCUT2D eigenvalue weighted by atomic mass is 10.1. The lowest BCUT2D eigenvalue weighted by Gasteiger charge is -2.09. The Hall–Kier alpha value is -1.82. The van der Waals surface area contributed by atoms with Crippen LogP contribution in [0.1, 0.15) is 33.9 Å². The van der Waals surface area contributed by atoms with Crippen LogP contribution in [0.3, 0.4) is 0 Å². The Kier molecular flexibility index (Phi) is 4.19. The molecule has 23 heavy (non-hydrogen) atoms. The third-order valence-corrected chi connectivity index (χ3v) is 5.18. The van der Waals surface area contributed by atoms with Crippen LogP contribution in [0.5, 0.6) is 0 Å². The van der Waals surface area contributed by atoms with E-state index in [1.807, 2.05) is 18.4 Å². The summed E-state index contributed by atoms with van der Waals surface area (Å²) in [4.78, 5) is 13.3. The number of benzene rings is 1. The maximum atomic E-state index is 12.7. The molecule has 1 aromatic carbocycles. The van der Waals surface area contributed by atoms with Gasteiger partial charge in [0.2, 0.25) is 5.91 Å². The minimum Gasteiger partial charge on any atom is -0.351 e. The highest BCUT2D eigenvalue weighted by Crippen LogP contribution is 2.48. The van der Waals surface area contributed by atoms with Crippen molar-refractivity contribution in [3.05, 3.63) is 57.3 Å². The first kappa shape index (κ1) is 16.1. The number of carbonyl (C=O) groups is 1. The monoisotopic (exact) mass is 339 g/mol. The van der Waals surface area contributed by atoms with Crippen molar-refractivity contribution in [3.8, 4) is 0 Å². The highest BCUT2D eigenvalue weighted by atomic mass is 32.1. The van der Waals surface area contributed by atoms with Crippen molar-refractivity contribution < 1.29 is 18.0 Å². The van der Waals surface area contributed by atoms with Crippen molar-refractivity contribution in [1.82, 2.24) is 5.32 Å². The SMILES string of the molecule is Cc1ccsc1CNC(=O)C1CC1c1cccc(C(F)(F)F)c1. The molecule has 1 heterocycles. The summed E-state index contributed by atoms with van der Waals surface area (Å²) < 4.78 is 38.2. The van der Waals surface area contributed by atoms with Gasteiger partial charge in [0.15, 0.2) is 0 Å². The van der Waals surface area contributed by atoms with E-state index >= 15 is 0 Å². The van der Waals surface area contributed by atoms with Gasteiger partial charge in [-0.2, -0.15) is 13.2 Å². The molecule has 1 saturated carbocycles. The number of nitrogens with one attached hydrogen (secondary N) is 1. The molecule has 2 nitrogen and oxygen atoms in total. The summed E-state index contributed by atoms with van der Waals surface area (Å²) in [6.45, 7) is 2.47. The van der Waals surface area contributed by atoms with E-state index in [0.717, 1.165) is 22.6 Å². The standard InChI is InChI=1S/C17H16F3NOS/c1-10-5-6-23-15(10)9-21-16(22)14-8-13(14)11-3-2-4-12(7-11)17(18,19)20/h2-7,13-14H,8-9H2,1H3,(H,21,22). The van der Waals surface area contributed by atoms with E-state index in [1.165, 1.54) is 6.07 Å². The van der Waals surface area contributed by atoms with E-state index in [4.69, 9.17) is 0 Å². The summed E-state index contributed by atoms with van der Waals surface area (Å²) in [5.41, 5.74) is 1.07. The fraction of sp³-hybridized carbons (Fsp3) is 0.353. The number of carbonyl (C=O) groups excluding carboxylic acids is 1. The zero-order chi connectivity index (χ0) is 16.6. The van der Waals surface area contributed by atoms with Crippen LogP contribution in [0.15, 0.2) is 35.7 Å². The Morgan fingerprint density at radius 2 is 2.13 bits per heavy atom. The molecule has 0 radical (unpaired) electrons. The Labute approximate surface area is 136 Å². The molecule has 1 aromatic heterocycles. The molecule has 1 aliphatic carbocycles. The molecule has 1 N–H and O–H groups in total. The van der Waals surface area contributed by atoms with E-state index in [9.17, 15) is 18.0 Å². The molecule has 2 unspecified atom stereocenters. The third kappa shape index (κ3) is 3.58. The van der Waals surface area contributed by atoms with Crippen LogP contribution in [-0.4, -0.2) is 5.91 Å². The summed E-state index contributed by atoms with van der Waals surface area (Å²) in [6, 6.07) is 7.27. The summed E-state index contributed by atoms with van der Waals surface area (Å²) in [6.07, 6.45) is -3.74. The van der Waals surface area contributed by atoms with Crippen molar-refractivity contribution >= 4 is 17.2 Å². The van der Waals surface area contributed by atoms with Crippen LogP contribution in [-0.2, 0) is 17.5 Å². The van der Waals surface area contributed by atoms with Gasteiger partial charge in [-0.1, -0.05) is 18.2 Å². The molecule has 1 amide bonds. The fourth-order valence-corrected chi connectivity index (χ4v) is 3.53. The highest BCUT2D eigenvalue weighted by Gasteiger charge is 2.44. The summed E-state index contributed by atoms with van der Waals surface area (Å²) >= 11 is 1.59. The Bertz CT molecular complexity index is 723. The van der Waals surface area contributed by atoms with Crippen molar-refractivity contribution in [2.45, 2.75) is 32.0 Å². The van der Waals surface area contributed by atoms with Gasteiger partial charge in [-0.15, -0.1) is 11.3 Å². The minimum atomic E-state index is -4.35. The summed E-state index contributed by atoms with van der Waals surface area (Å²) in [7, 11) is 0. The smallest absolute Gasteiger partial charge is 0.351 e. The topological polar surface area (TPSA) is 29.1 Å². The number of amides is 1. The molecule has 0 aliphatic heterocycles. The Morgan fingerprint density at radius 1 is 1.35 bits per heavy atom. The first-order chi connectivity index (χ1) is 10.9. The first-order valence-electron chi connectivity index (χ1n) is 7.34. The molecule has 3 rings (SSSR count). The summed E-state index contributed by atoms with van der Waals surface area (Å²) in [5, 5.41) is 4.85. The van der Waals surface area contributed by atoms with Crippen LogP contribution in [0.25, 0.3) is 0 Å². The second-order valence-corrected chi connectivity index (χ2v) is 6.82. The van der Waals surface area contributed by atoms with Crippen molar-refractivity contribution in [1.29, 1.82) is 0 Å².